The number of esters is 1. The highest BCUT2D eigenvalue weighted by atomic mass is 16.6. The molecule has 0 aliphatic carbocycles. The zero-order valence-corrected chi connectivity index (χ0v) is 11.0. The Labute approximate surface area is 120 Å². The van der Waals surface area contributed by atoms with Gasteiger partial charge in [-0.2, -0.15) is 0 Å². The molecule has 0 aromatic heterocycles. The molecule has 8 heteroatoms. The van der Waals surface area contributed by atoms with Gasteiger partial charge in [-0.1, -0.05) is 18.2 Å². The molecule has 0 amide bonds. The largest absolute Gasteiger partial charge is 0.429 e. The summed E-state index contributed by atoms with van der Waals surface area (Å²) in [6.45, 7) is -0.856. The van der Waals surface area contributed by atoms with E-state index in [1.807, 2.05) is 0 Å². The van der Waals surface area contributed by atoms with Gasteiger partial charge in [-0.3, -0.25) is 0 Å². The third-order valence-electron chi connectivity index (χ3n) is 2.81. The molecule has 0 aliphatic heterocycles. The molecule has 6 N–H and O–H groups in total. The second-order valence-electron chi connectivity index (χ2n) is 4.38. The monoisotopic (exact) mass is 302 g/mol. The molecular weight excluding hydrogens is 284 g/mol. The summed E-state index contributed by atoms with van der Waals surface area (Å²) >= 11 is 0. The highest BCUT2D eigenvalue weighted by Crippen LogP contribution is 2.11. The van der Waals surface area contributed by atoms with Crippen molar-refractivity contribution in [1.29, 1.82) is 0 Å². The Morgan fingerprint density at radius 3 is 2.05 bits per heavy atom. The minimum atomic E-state index is -2.12. The van der Waals surface area contributed by atoms with Gasteiger partial charge in [-0.05, 0) is 12.1 Å². The Morgan fingerprint density at radius 1 is 0.952 bits per heavy atom. The quantitative estimate of drug-likeness (QED) is 0.241. The molecule has 8 nitrogen and oxygen atoms in total. The van der Waals surface area contributed by atoms with E-state index >= 15 is 0 Å². The first-order valence-corrected chi connectivity index (χ1v) is 6.15. The summed E-state index contributed by atoms with van der Waals surface area (Å²) in [5.74, 6) is -0.938. The van der Waals surface area contributed by atoms with Crippen molar-refractivity contribution in [1.82, 2.24) is 0 Å². The van der Waals surface area contributed by atoms with E-state index in [0.717, 1.165) is 0 Å². The highest BCUT2D eigenvalue weighted by Gasteiger charge is 2.35. The molecular formula is C13H18O8. The van der Waals surface area contributed by atoms with E-state index in [2.05, 4.69) is 4.74 Å². The van der Waals surface area contributed by atoms with Crippen molar-refractivity contribution in [3.05, 3.63) is 35.9 Å². The van der Waals surface area contributed by atoms with Gasteiger partial charge in [0, 0.05) is 0 Å². The Hall–Kier alpha value is -1.55. The van der Waals surface area contributed by atoms with Crippen LogP contribution in [0, 0.1) is 0 Å². The van der Waals surface area contributed by atoms with Crippen molar-refractivity contribution in [3.63, 3.8) is 0 Å². The van der Waals surface area contributed by atoms with Gasteiger partial charge in [0.15, 0.2) is 0 Å². The lowest BCUT2D eigenvalue weighted by Crippen LogP contribution is -2.50. The zero-order chi connectivity index (χ0) is 16.0. The topological polar surface area (TPSA) is 148 Å². The van der Waals surface area contributed by atoms with Gasteiger partial charge < -0.3 is 35.4 Å². The van der Waals surface area contributed by atoms with E-state index < -0.39 is 43.3 Å². The summed E-state index contributed by atoms with van der Waals surface area (Å²) in [6.07, 6.45) is -9.84. The molecule has 0 radical (unpaired) electrons. The maximum Gasteiger partial charge on any atom is 0.340 e. The van der Waals surface area contributed by atoms with Crippen LogP contribution < -0.4 is 0 Å². The van der Waals surface area contributed by atoms with Crippen LogP contribution in [0.3, 0.4) is 0 Å². The number of ether oxygens (including phenoxy) is 1. The molecule has 0 fully saturated rings. The maximum absolute atomic E-state index is 11.6. The second kappa shape index (κ2) is 8.03. The van der Waals surface area contributed by atoms with Crippen LogP contribution in [0.4, 0.5) is 0 Å². The molecule has 1 aromatic carbocycles. The predicted molar refractivity (Wildman–Crippen MR) is 69.0 cm³/mol. The van der Waals surface area contributed by atoms with Crippen LogP contribution in [0.15, 0.2) is 30.3 Å². The van der Waals surface area contributed by atoms with E-state index in [9.17, 15) is 25.2 Å². The Morgan fingerprint density at radius 2 is 1.52 bits per heavy atom. The van der Waals surface area contributed by atoms with Gasteiger partial charge in [-0.15, -0.1) is 0 Å². The number of carbonyl (C=O) groups is 1. The number of aliphatic hydroxyl groups is 6. The SMILES string of the molecule is O=C(OC(O)[C@H](O)[C@H](O)[C@H](O)[C@@H](O)CO)c1ccccc1. The third-order valence-corrected chi connectivity index (χ3v) is 2.81. The van der Waals surface area contributed by atoms with Gasteiger partial charge in [0.1, 0.15) is 24.4 Å². The fourth-order valence-electron chi connectivity index (χ4n) is 1.53. The first kappa shape index (κ1) is 17.5. The number of hydrogen-bond donors (Lipinski definition) is 6. The average molecular weight is 302 g/mol. The van der Waals surface area contributed by atoms with E-state index in [1.165, 1.54) is 12.1 Å². The lowest BCUT2D eigenvalue weighted by Gasteiger charge is -2.28. The molecule has 1 aromatic rings. The Bertz CT molecular complexity index is 437. The fraction of sp³-hybridized carbons (Fsp3) is 0.462. The van der Waals surface area contributed by atoms with Crippen LogP contribution in [0.2, 0.25) is 0 Å². The van der Waals surface area contributed by atoms with Crippen molar-refractivity contribution in [2.75, 3.05) is 6.61 Å². The molecule has 1 unspecified atom stereocenters. The van der Waals surface area contributed by atoms with Crippen LogP contribution >= 0.6 is 0 Å². The minimum Gasteiger partial charge on any atom is -0.429 e. The second-order valence-corrected chi connectivity index (χ2v) is 4.38. The Kier molecular flexibility index (Phi) is 6.69. The minimum absolute atomic E-state index is 0.120. The summed E-state index contributed by atoms with van der Waals surface area (Å²) < 4.78 is 4.53. The van der Waals surface area contributed by atoms with Gasteiger partial charge in [0.05, 0.1) is 12.2 Å². The maximum atomic E-state index is 11.6. The summed E-state index contributed by atoms with van der Waals surface area (Å²) in [6, 6.07) is 7.63. The molecule has 1 rings (SSSR count). The molecule has 0 heterocycles. The smallest absolute Gasteiger partial charge is 0.340 e. The first-order valence-electron chi connectivity index (χ1n) is 6.15. The number of benzene rings is 1. The highest BCUT2D eigenvalue weighted by molar-refractivity contribution is 5.89. The molecule has 0 spiro atoms. The number of carbonyl (C=O) groups excluding carboxylic acids is 1. The zero-order valence-electron chi connectivity index (χ0n) is 11.0. The number of hydrogen-bond acceptors (Lipinski definition) is 8. The van der Waals surface area contributed by atoms with Crippen LogP contribution in [0.5, 0.6) is 0 Å². The van der Waals surface area contributed by atoms with E-state index in [4.69, 9.17) is 10.2 Å². The number of rotatable bonds is 7. The standard InChI is InChI=1S/C13H18O8/c14-6-8(15)9(16)10(17)11(18)13(20)21-12(19)7-4-2-1-3-5-7/h1-5,8-11,13-18,20H,6H2/t8-,9+,10+,11+,13?/m0/s1. The van der Waals surface area contributed by atoms with E-state index in [0.29, 0.717) is 0 Å². The van der Waals surface area contributed by atoms with Crippen LogP contribution in [0.25, 0.3) is 0 Å². The predicted octanol–water partition coefficient (Wildman–Crippen LogP) is -2.40. The van der Waals surface area contributed by atoms with Crippen LogP contribution in [-0.2, 0) is 4.74 Å². The van der Waals surface area contributed by atoms with E-state index in [1.54, 1.807) is 18.2 Å². The summed E-state index contributed by atoms with van der Waals surface area (Å²) in [4.78, 5) is 11.6. The average Bonchev–Trinajstić information content (AvgIpc) is 2.52. The molecule has 5 atom stereocenters. The summed E-state index contributed by atoms with van der Waals surface area (Å²) in [5.41, 5.74) is 0.120. The lowest BCUT2D eigenvalue weighted by atomic mass is 10.0. The molecule has 0 saturated heterocycles. The van der Waals surface area contributed by atoms with Crippen molar-refractivity contribution in [2.24, 2.45) is 0 Å². The molecule has 21 heavy (non-hydrogen) atoms. The third kappa shape index (κ3) is 4.74. The van der Waals surface area contributed by atoms with Gasteiger partial charge in [0.2, 0.25) is 6.29 Å². The summed E-state index contributed by atoms with van der Waals surface area (Å²) in [7, 11) is 0. The molecule has 0 bridgehead atoms. The van der Waals surface area contributed by atoms with Crippen molar-refractivity contribution >= 4 is 5.97 Å². The summed E-state index contributed by atoms with van der Waals surface area (Å²) in [5, 5.41) is 55.7. The first-order chi connectivity index (χ1) is 9.88. The lowest BCUT2D eigenvalue weighted by molar-refractivity contribution is -0.191. The normalized spacial score (nSPS) is 18.4. The molecule has 0 aliphatic rings. The van der Waals surface area contributed by atoms with Gasteiger partial charge in [0.25, 0.3) is 0 Å². The van der Waals surface area contributed by atoms with Crippen molar-refractivity contribution in [3.8, 4) is 0 Å². The van der Waals surface area contributed by atoms with E-state index in [-0.39, 0.29) is 5.56 Å². The van der Waals surface area contributed by atoms with Crippen molar-refractivity contribution < 1.29 is 40.2 Å². The van der Waals surface area contributed by atoms with Gasteiger partial charge >= 0.3 is 5.97 Å². The molecule has 0 saturated carbocycles. The number of aliphatic hydroxyl groups excluding tert-OH is 6. The van der Waals surface area contributed by atoms with Crippen LogP contribution in [0.1, 0.15) is 10.4 Å². The Balaban J connectivity index is 2.62. The van der Waals surface area contributed by atoms with Crippen molar-refractivity contribution in [2.45, 2.75) is 30.7 Å². The van der Waals surface area contributed by atoms with Crippen LogP contribution in [-0.4, -0.2) is 73.9 Å². The molecule has 118 valence electrons. The van der Waals surface area contributed by atoms with Gasteiger partial charge in [-0.25, -0.2) is 4.79 Å². The fourth-order valence-corrected chi connectivity index (χ4v) is 1.53.